The molecule has 1 aromatic carbocycles. The van der Waals surface area contributed by atoms with Crippen molar-refractivity contribution in [2.75, 3.05) is 32.3 Å². The van der Waals surface area contributed by atoms with Crippen molar-refractivity contribution in [1.29, 1.82) is 0 Å². The topological polar surface area (TPSA) is 147 Å². The summed E-state index contributed by atoms with van der Waals surface area (Å²) in [5, 5.41) is 3.35. The third kappa shape index (κ3) is 4.83. The van der Waals surface area contributed by atoms with Crippen molar-refractivity contribution >= 4 is 39.3 Å². The number of thioether (sulfide) groups is 1. The zero-order valence-corrected chi connectivity index (χ0v) is 20.6. The summed E-state index contributed by atoms with van der Waals surface area (Å²) >= 11 is 1.55. The molecule has 0 unspecified atom stereocenters. The van der Waals surface area contributed by atoms with E-state index in [1.165, 1.54) is 0 Å². The van der Waals surface area contributed by atoms with E-state index in [4.69, 9.17) is 25.7 Å². The van der Waals surface area contributed by atoms with E-state index in [1.54, 1.807) is 57.0 Å². The average molecular weight is 504 g/mol. The Kier molecular flexibility index (Phi) is 6.74. The van der Waals surface area contributed by atoms with E-state index in [1.807, 2.05) is 24.3 Å². The molecule has 4 heterocycles. The largest absolute Gasteiger partial charge is 0.493 e. The maximum Gasteiger partial charge on any atom is 0.165 e. The number of anilines is 1. The monoisotopic (exact) mass is 503 g/mol. The Morgan fingerprint density at radius 1 is 0.972 bits per heavy atom. The molecule has 4 aromatic heterocycles. The summed E-state index contributed by atoms with van der Waals surface area (Å²) in [6.07, 6.45) is 8.58. The summed E-state index contributed by atoms with van der Waals surface area (Å²) in [6.45, 7) is 0.337. The number of pyridine rings is 3. The van der Waals surface area contributed by atoms with Gasteiger partial charge in [0.2, 0.25) is 0 Å². The number of benzene rings is 1. The number of hydrogen-bond donors (Lipinski definition) is 3. The van der Waals surface area contributed by atoms with Gasteiger partial charge in [0.15, 0.2) is 16.7 Å². The third-order valence-electron chi connectivity index (χ3n) is 5.59. The van der Waals surface area contributed by atoms with E-state index in [-0.39, 0.29) is 6.04 Å². The smallest absolute Gasteiger partial charge is 0.165 e. The summed E-state index contributed by atoms with van der Waals surface area (Å²) in [5.41, 5.74) is 14.7. The van der Waals surface area contributed by atoms with Crippen LogP contribution < -0.4 is 25.7 Å². The molecule has 5 rings (SSSR count). The molecule has 0 aliphatic heterocycles. The fourth-order valence-electron chi connectivity index (χ4n) is 3.81. The first-order chi connectivity index (χ1) is 17.6. The van der Waals surface area contributed by atoms with Crippen molar-refractivity contribution in [3.05, 3.63) is 55.2 Å². The molecule has 0 fully saturated rings. The maximum atomic E-state index is 6.34. The lowest BCUT2D eigenvalue weighted by molar-refractivity contribution is 0.297. The Labute approximate surface area is 211 Å². The Morgan fingerprint density at radius 2 is 1.81 bits per heavy atom. The number of nitrogens with one attached hydrogen (secondary N) is 1. The number of nitrogens with zero attached hydrogens (tertiary/aromatic N) is 4. The van der Waals surface area contributed by atoms with E-state index in [2.05, 4.69) is 24.9 Å². The molecule has 0 radical (unpaired) electrons. The first kappa shape index (κ1) is 23.6. The van der Waals surface area contributed by atoms with Crippen molar-refractivity contribution in [3.8, 4) is 28.5 Å². The highest BCUT2D eigenvalue weighted by Crippen LogP contribution is 2.37. The molecule has 0 aliphatic rings. The van der Waals surface area contributed by atoms with Crippen molar-refractivity contribution in [1.82, 2.24) is 24.9 Å². The van der Waals surface area contributed by atoms with Gasteiger partial charge >= 0.3 is 0 Å². The summed E-state index contributed by atoms with van der Waals surface area (Å²) in [4.78, 5) is 20.7. The molecule has 11 heteroatoms. The third-order valence-corrected chi connectivity index (χ3v) is 6.68. The fourth-order valence-corrected chi connectivity index (χ4v) is 4.57. The minimum absolute atomic E-state index is 0.177. The van der Waals surface area contributed by atoms with Gasteiger partial charge in [0.05, 0.1) is 31.6 Å². The van der Waals surface area contributed by atoms with Crippen LogP contribution in [0.25, 0.3) is 32.9 Å². The van der Waals surface area contributed by atoms with Gasteiger partial charge in [0, 0.05) is 59.0 Å². The molecule has 1 atom stereocenters. The molecule has 0 bridgehead atoms. The molecular formula is C25H25N7O3S. The number of H-pyrrole nitrogens is 1. The SMILES string of the molecule is COc1cc2ncc3c(N)nc(-c4cncc(OC[C@@H](N)CSc5ncc[nH]5)c4)cc3c2cc1OC. The van der Waals surface area contributed by atoms with Crippen LogP contribution in [0.15, 0.2) is 60.4 Å². The molecular weight excluding hydrogens is 478 g/mol. The number of ether oxygens (including phenoxy) is 3. The van der Waals surface area contributed by atoms with E-state index in [0.29, 0.717) is 41.1 Å². The standard InChI is InChI=1S/C25H25N7O3S/c1-33-22-7-18-17-6-20(32-24(27)19(17)11-31-21(18)8-23(22)34-2)14-5-16(10-28-9-14)35-12-15(26)13-36-25-29-3-4-30-25/h3-11,15H,12-13,26H2,1-2H3,(H2,27,32)(H,29,30)/t15-/m1/s1. The number of methoxy groups -OCH3 is 2. The number of aromatic amines is 1. The first-order valence-electron chi connectivity index (χ1n) is 11.1. The quantitative estimate of drug-likeness (QED) is 0.201. The number of rotatable bonds is 9. The van der Waals surface area contributed by atoms with Gasteiger partial charge in [-0.1, -0.05) is 11.8 Å². The van der Waals surface area contributed by atoms with Crippen LogP contribution in [0.5, 0.6) is 17.2 Å². The Morgan fingerprint density at radius 3 is 2.58 bits per heavy atom. The van der Waals surface area contributed by atoms with Crippen LogP contribution in [0.4, 0.5) is 5.82 Å². The Balaban J connectivity index is 1.42. The van der Waals surface area contributed by atoms with Gasteiger partial charge in [-0.15, -0.1) is 0 Å². The Hall–Kier alpha value is -4.09. The van der Waals surface area contributed by atoms with Crippen LogP contribution in [-0.4, -0.2) is 57.5 Å². The second-order valence-electron chi connectivity index (χ2n) is 8.02. The van der Waals surface area contributed by atoms with E-state index in [9.17, 15) is 0 Å². The summed E-state index contributed by atoms with van der Waals surface area (Å²) < 4.78 is 16.8. The lowest BCUT2D eigenvalue weighted by Gasteiger charge is -2.14. The highest BCUT2D eigenvalue weighted by atomic mass is 32.2. The maximum absolute atomic E-state index is 6.34. The van der Waals surface area contributed by atoms with Gasteiger partial charge in [0.1, 0.15) is 18.2 Å². The van der Waals surface area contributed by atoms with Crippen molar-refractivity contribution in [2.24, 2.45) is 5.73 Å². The second kappa shape index (κ2) is 10.3. The van der Waals surface area contributed by atoms with Gasteiger partial charge in [0.25, 0.3) is 0 Å². The number of hydrogen-bond acceptors (Lipinski definition) is 10. The normalized spacial score (nSPS) is 12.1. The summed E-state index contributed by atoms with van der Waals surface area (Å²) in [5.74, 6) is 2.84. The van der Waals surface area contributed by atoms with Crippen LogP contribution in [0.1, 0.15) is 0 Å². The number of nitrogen functional groups attached to an aromatic ring is 1. The van der Waals surface area contributed by atoms with E-state index < -0.39 is 0 Å². The molecule has 0 aliphatic carbocycles. The van der Waals surface area contributed by atoms with Crippen LogP contribution in [-0.2, 0) is 0 Å². The minimum Gasteiger partial charge on any atom is -0.493 e. The van der Waals surface area contributed by atoms with Gasteiger partial charge in [-0.05, 0) is 23.6 Å². The number of aromatic nitrogens is 5. The zero-order chi connectivity index (χ0) is 25.1. The highest BCUT2D eigenvalue weighted by molar-refractivity contribution is 7.99. The van der Waals surface area contributed by atoms with Crippen LogP contribution in [0, 0.1) is 0 Å². The van der Waals surface area contributed by atoms with Gasteiger partial charge < -0.3 is 30.7 Å². The zero-order valence-electron chi connectivity index (χ0n) is 19.8. The Bertz CT molecular complexity index is 1510. The molecule has 0 spiro atoms. The molecule has 10 nitrogen and oxygen atoms in total. The van der Waals surface area contributed by atoms with Gasteiger partial charge in [-0.3, -0.25) is 9.97 Å². The van der Waals surface area contributed by atoms with E-state index in [0.717, 1.165) is 32.4 Å². The number of imidazole rings is 1. The summed E-state index contributed by atoms with van der Waals surface area (Å²) in [6, 6.07) is 7.40. The second-order valence-corrected chi connectivity index (χ2v) is 9.03. The van der Waals surface area contributed by atoms with Crippen LogP contribution >= 0.6 is 11.8 Å². The number of fused-ring (bicyclic) bond motifs is 3. The van der Waals surface area contributed by atoms with Crippen LogP contribution in [0.2, 0.25) is 0 Å². The van der Waals surface area contributed by atoms with Crippen LogP contribution in [0.3, 0.4) is 0 Å². The minimum atomic E-state index is -0.177. The molecule has 184 valence electrons. The van der Waals surface area contributed by atoms with Crippen molar-refractivity contribution in [3.63, 3.8) is 0 Å². The molecule has 5 N–H and O–H groups in total. The van der Waals surface area contributed by atoms with Gasteiger partial charge in [-0.25, -0.2) is 9.97 Å². The molecule has 36 heavy (non-hydrogen) atoms. The van der Waals surface area contributed by atoms with Gasteiger partial charge in [-0.2, -0.15) is 0 Å². The number of nitrogens with two attached hydrogens (primary N) is 2. The molecule has 0 saturated heterocycles. The molecule has 5 aromatic rings. The van der Waals surface area contributed by atoms with Crippen molar-refractivity contribution < 1.29 is 14.2 Å². The average Bonchev–Trinajstić information content (AvgIpc) is 3.43. The molecule has 0 saturated carbocycles. The van der Waals surface area contributed by atoms with E-state index >= 15 is 0 Å². The predicted octanol–water partition coefficient (Wildman–Crippen LogP) is 3.67. The predicted molar refractivity (Wildman–Crippen MR) is 141 cm³/mol. The lowest BCUT2D eigenvalue weighted by Crippen LogP contribution is -2.30. The first-order valence-corrected chi connectivity index (χ1v) is 12.1. The summed E-state index contributed by atoms with van der Waals surface area (Å²) in [7, 11) is 3.19. The lowest BCUT2D eigenvalue weighted by atomic mass is 10.0. The highest BCUT2D eigenvalue weighted by Gasteiger charge is 2.14. The molecule has 0 amide bonds. The van der Waals surface area contributed by atoms with Crippen molar-refractivity contribution in [2.45, 2.75) is 11.2 Å². The fraction of sp³-hybridized carbons (Fsp3) is 0.200.